The van der Waals surface area contributed by atoms with Crippen molar-refractivity contribution in [2.24, 2.45) is 5.10 Å². The van der Waals surface area contributed by atoms with Gasteiger partial charge in [-0.05, 0) is 49.2 Å². The number of hydrogen-bond acceptors (Lipinski definition) is 5. The number of carbonyl (C=O) groups is 1. The van der Waals surface area contributed by atoms with Gasteiger partial charge in [0.15, 0.2) is 5.16 Å². The van der Waals surface area contributed by atoms with E-state index >= 15 is 0 Å². The number of amides is 1. The van der Waals surface area contributed by atoms with Crippen molar-refractivity contribution in [2.75, 3.05) is 23.7 Å². The Bertz CT molecular complexity index is 1250. The lowest BCUT2D eigenvalue weighted by molar-refractivity contribution is -0.118. The molecule has 4 aromatic rings. The highest BCUT2D eigenvalue weighted by Gasteiger charge is 2.13. The van der Waals surface area contributed by atoms with E-state index in [2.05, 4.69) is 64.2 Å². The second kappa shape index (κ2) is 11.5. The van der Waals surface area contributed by atoms with E-state index in [4.69, 9.17) is 4.98 Å². The number of carbonyl (C=O) groups excluding carboxylic acids is 1. The standard InChI is InChI=1S/C27H29N5OS/c1-3-31(4-2)23-16-14-21(15-17-23)18-28-30-26(33)20-34-27-29-24-12-8-9-13-25(24)32(27)19-22-10-6-5-7-11-22/h5-18H,3-4,19-20H2,1-2H3,(H,30,33)/b28-18-. The number of hydrazone groups is 1. The van der Waals surface area contributed by atoms with E-state index in [0.717, 1.165) is 34.8 Å². The molecule has 0 aliphatic carbocycles. The van der Waals surface area contributed by atoms with E-state index in [1.165, 1.54) is 23.0 Å². The fraction of sp³-hybridized carbons (Fsp3) is 0.222. The molecule has 7 heteroatoms. The average molecular weight is 472 g/mol. The highest BCUT2D eigenvalue weighted by atomic mass is 32.2. The number of para-hydroxylation sites is 2. The first-order valence-electron chi connectivity index (χ1n) is 11.5. The molecule has 34 heavy (non-hydrogen) atoms. The van der Waals surface area contributed by atoms with Crippen LogP contribution < -0.4 is 10.3 Å². The van der Waals surface area contributed by atoms with Gasteiger partial charge >= 0.3 is 0 Å². The third-order valence-electron chi connectivity index (χ3n) is 5.56. The number of rotatable bonds is 10. The molecule has 3 aromatic carbocycles. The Morgan fingerprint density at radius 3 is 2.44 bits per heavy atom. The number of anilines is 1. The zero-order valence-electron chi connectivity index (χ0n) is 19.5. The van der Waals surface area contributed by atoms with Gasteiger partial charge in [-0.3, -0.25) is 4.79 Å². The summed E-state index contributed by atoms with van der Waals surface area (Å²) in [5.41, 5.74) is 7.91. The van der Waals surface area contributed by atoms with Crippen LogP contribution in [0.4, 0.5) is 5.69 Å². The first-order chi connectivity index (χ1) is 16.7. The molecule has 174 valence electrons. The smallest absolute Gasteiger partial charge is 0.250 e. The van der Waals surface area contributed by atoms with Crippen LogP contribution >= 0.6 is 11.8 Å². The number of fused-ring (bicyclic) bond motifs is 1. The molecule has 0 unspecified atom stereocenters. The van der Waals surface area contributed by atoms with Crippen LogP contribution in [0.1, 0.15) is 25.0 Å². The molecule has 0 saturated carbocycles. The Hall–Kier alpha value is -3.58. The molecule has 4 rings (SSSR count). The largest absolute Gasteiger partial charge is 0.372 e. The highest BCUT2D eigenvalue weighted by molar-refractivity contribution is 7.99. The fourth-order valence-corrected chi connectivity index (χ4v) is 4.59. The third-order valence-corrected chi connectivity index (χ3v) is 6.54. The second-order valence-corrected chi connectivity index (χ2v) is 8.74. The maximum absolute atomic E-state index is 12.4. The van der Waals surface area contributed by atoms with Gasteiger partial charge < -0.3 is 9.47 Å². The van der Waals surface area contributed by atoms with Crippen molar-refractivity contribution in [1.29, 1.82) is 0 Å². The zero-order valence-corrected chi connectivity index (χ0v) is 20.3. The lowest BCUT2D eigenvalue weighted by Crippen LogP contribution is -2.21. The summed E-state index contributed by atoms with van der Waals surface area (Å²) >= 11 is 1.42. The van der Waals surface area contributed by atoms with Gasteiger partial charge in [-0.25, -0.2) is 10.4 Å². The molecule has 0 saturated heterocycles. The summed E-state index contributed by atoms with van der Waals surface area (Å²) in [5, 5.41) is 4.94. The van der Waals surface area contributed by atoms with Crippen molar-refractivity contribution in [3.63, 3.8) is 0 Å². The molecule has 0 spiro atoms. The predicted octanol–water partition coefficient (Wildman–Crippen LogP) is 5.17. The normalized spacial score (nSPS) is 11.2. The van der Waals surface area contributed by atoms with Gasteiger partial charge in [0.25, 0.3) is 5.91 Å². The maximum Gasteiger partial charge on any atom is 0.250 e. The van der Waals surface area contributed by atoms with Crippen LogP contribution in [0, 0.1) is 0 Å². The zero-order chi connectivity index (χ0) is 23.8. The number of nitrogens with one attached hydrogen (secondary N) is 1. The molecule has 1 amide bonds. The van der Waals surface area contributed by atoms with E-state index in [1.807, 2.05) is 48.5 Å². The lowest BCUT2D eigenvalue weighted by Gasteiger charge is -2.20. The van der Waals surface area contributed by atoms with Crippen molar-refractivity contribution in [3.8, 4) is 0 Å². The van der Waals surface area contributed by atoms with Crippen molar-refractivity contribution < 1.29 is 4.79 Å². The monoisotopic (exact) mass is 471 g/mol. The summed E-state index contributed by atoms with van der Waals surface area (Å²) in [6.07, 6.45) is 1.67. The van der Waals surface area contributed by atoms with E-state index in [1.54, 1.807) is 6.21 Å². The first-order valence-corrected chi connectivity index (χ1v) is 12.5. The van der Waals surface area contributed by atoms with Gasteiger partial charge in [0.2, 0.25) is 0 Å². The van der Waals surface area contributed by atoms with Crippen molar-refractivity contribution >= 4 is 40.6 Å². The number of nitrogens with zero attached hydrogens (tertiary/aromatic N) is 4. The Balaban J connectivity index is 1.37. The summed E-state index contributed by atoms with van der Waals surface area (Å²) < 4.78 is 2.16. The molecule has 1 heterocycles. The van der Waals surface area contributed by atoms with Crippen LogP contribution in [0.25, 0.3) is 11.0 Å². The minimum absolute atomic E-state index is 0.167. The highest BCUT2D eigenvalue weighted by Crippen LogP contribution is 2.25. The summed E-state index contributed by atoms with van der Waals surface area (Å²) in [4.78, 5) is 19.5. The number of imidazole rings is 1. The summed E-state index contributed by atoms with van der Waals surface area (Å²) in [7, 11) is 0. The average Bonchev–Trinajstić information content (AvgIpc) is 3.22. The van der Waals surface area contributed by atoms with Crippen LogP contribution in [0.2, 0.25) is 0 Å². The van der Waals surface area contributed by atoms with E-state index in [-0.39, 0.29) is 11.7 Å². The van der Waals surface area contributed by atoms with Gasteiger partial charge in [0.1, 0.15) is 0 Å². The third kappa shape index (κ3) is 5.85. The van der Waals surface area contributed by atoms with Crippen LogP contribution in [0.15, 0.2) is 89.1 Å². The van der Waals surface area contributed by atoms with Crippen LogP contribution in [-0.2, 0) is 11.3 Å². The first kappa shape index (κ1) is 23.6. The Morgan fingerprint density at radius 1 is 1.00 bits per heavy atom. The Labute approximate surface area is 204 Å². The molecule has 0 atom stereocenters. The second-order valence-electron chi connectivity index (χ2n) is 7.80. The Morgan fingerprint density at radius 2 is 1.71 bits per heavy atom. The van der Waals surface area contributed by atoms with Gasteiger partial charge in [0.05, 0.1) is 29.5 Å². The van der Waals surface area contributed by atoms with E-state index in [9.17, 15) is 4.79 Å². The molecule has 0 bridgehead atoms. The van der Waals surface area contributed by atoms with Crippen LogP contribution in [0.5, 0.6) is 0 Å². The summed E-state index contributed by atoms with van der Waals surface area (Å²) in [6, 6.07) is 26.5. The van der Waals surface area contributed by atoms with Gasteiger partial charge in [-0.1, -0.05) is 66.4 Å². The number of hydrogen-bond donors (Lipinski definition) is 1. The van der Waals surface area contributed by atoms with Gasteiger partial charge in [0, 0.05) is 18.8 Å². The van der Waals surface area contributed by atoms with Crippen LogP contribution in [-0.4, -0.2) is 40.5 Å². The lowest BCUT2D eigenvalue weighted by atomic mass is 10.2. The molecule has 1 N–H and O–H groups in total. The SMILES string of the molecule is CCN(CC)c1ccc(/C=N\NC(=O)CSc2nc3ccccc3n2Cc2ccccc2)cc1. The van der Waals surface area contributed by atoms with E-state index in [0.29, 0.717) is 6.54 Å². The predicted molar refractivity (Wildman–Crippen MR) is 142 cm³/mol. The molecule has 1 aromatic heterocycles. The Kier molecular flexibility index (Phi) is 7.99. The van der Waals surface area contributed by atoms with Crippen molar-refractivity contribution in [2.45, 2.75) is 25.5 Å². The minimum atomic E-state index is -0.167. The van der Waals surface area contributed by atoms with E-state index < -0.39 is 0 Å². The van der Waals surface area contributed by atoms with Gasteiger partial charge in [-0.15, -0.1) is 0 Å². The number of aromatic nitrogens is 2. The molecule has 0 aliphatic heterocycles. The molecule has 0 fully saturated rings. The molecule has 0 aliphatic rings. The quantitative estimate of drug-likeness (QED) is 0.197. The topological polar surface area (TPSA) is 62.5 Å². The number of thioether (sulfide) groups is 1. The molecule has 6 nitrogen and oxygen atoms in total. The summed E-state index contributed by atoms with van der Waals surface area (Å²) in [5.74, 6) is 0.0652. The fourth-order valence-electron chi connectivity index (χ4n) is 3.78. The summed E-state index contributed by atoms with van der Waals surface area (Å²) in [6.45, 7) is 6.92. The molecular formula is C27H29N5OS. The van der Waals surface area contributed by atoms with Crippen molar-refractivity contribution in [3.05, 3.63) is 90.0 Å². The number of benzene rings is 3. The van der Waals surface area contributed by atoms with Crippen LogP contribution in [0.3, 0.4) is 0 Å². The molecular weight excluding hydrogens is 442 g/mol. The molecule has 0 radical (unpaired) electrons. The van der Waals surface area contributed by atoms with Crippen molar-refractivity contribution in [1.82, 2.24) is 15.0 Å². The minimum Gasteiger partial charge on any atom is -0.372 e. The maximum atomic E-state index is 12.4. The van der Waals surface area contributed by atoms with Gasteiger partial charge in [-0.2, -0.15) is 5.10 Å².